The summed E-state index contributed by atoms with van der Waals surface area (Å²) in [5.41, 5.74) is -0.637. The molecule has 1 aromatic carbocycles. The molecule has 0 aromatic heterocycles. The first-order valence-electron chi connectivity index (χ1n) is 8.74. The number of nitrogens with zero attached hydrogens (tertiary/aromatic N) is 2. The van der Waals surface area contributed by atoms with E-state index in [0.29, 0.717) is 5.75 Å². The molecule has 5 nitrogen and oxygen atoms in total. The Labute approximate surface area is 156 Å². The largest absolute Gasteiger partial charge is 0.483 e. The van der Waals surface area contributed by atoms with Crippen molar-refractivity contribution >= 4 is 11.6 Å². The molecule has 1 heterocycles. The molecule has 2 rings (SSSR count). The van der Waals surface area contributed by atoms with E-state index in [2.05, 4.69) is 5.10 Å². The predicted molar refractivity (Wildman–Crippen MR) is 95.5 cm³/mol. The summed E-state index contributed by atoms with van der Waals surface area (Å²) in [6.07, 6.45) is -5.51. The highest BCUT2D eigenvalue weighted by atomic mass is 19.4. The number of hydrogen-bond acceptors (Lipinski definition) is 4. The summed E-state index contributed by atoms with van der Waals surface area (Å²) in [5.74, 6) is -0.562. The second kappa shape index (κ2) is 7.50. The number of halogens is 3. The molecule has 0 bridgehead atoms. The van der Waals surface area contributed by atoms with E-state index in [9.17, 15) is 23.1 Å². The summed E-state index contributed by atoms with van der Waals surface area (Å²) in [6.45, 7) is 8.49. The van der Waals surface area contributed by atoms with Crippen LogP contribution in [0.3, 0.4) is 0 Å². The van der Waals surface area contributed by atoms with Gasteiger partial charge in [0, 0.05) is 12.1 Å². The lowest BCUT2D eigenvalue weighted by Crippen LogP contribution is -2.57. The minimum atomic E-state index is -5.03. The fourth-order valence-electron chi connectivity index (χ4n) is 3.28. The Morgan fingerprint density at radius 1 is 1.30 bits per heavy atom. The fraction of sp³-hybridized carbons (Fsp3) is 0.579. The van der Waals surface area contributed by atoms with Gasteiger partial charge in [0.15, 0.2) is 6.61 Å². The van der Waals surface area contributed by atoms with E-state index in [0.717, 1.165) is 16.7 Å². The van der Waals surface area contributed by atoms with Crippen LogP contribution in [0.15, 0.2) is 17.2 Å². The van der Waals surface area contributed by atoms with Gasteiger partial charge in [-0.15, -0.1) is 0 Å². The monoisotopic (exact) mass is 386 g/mol. The molecule has 0 saturated carbocycles. The van der Waals surface area contributed by atoms with Crippen molar-refractivity contribution in [3.8, 4) is 5.75 Å². The van der Waals surface area contributed by atoms with Gasteiger partial charge in [0.1, 0.15) is 5.75 Å². The maximum Gasteiger partial charge on any atom is 0.438 e. The zero-order chi connectivity index (χ0) is 20.6. The molecule has 8 heteroatoms. The molecule has 0 aliphatic carbocycles. The highest BCUT2D eigenvalue weighted by Gasteiger charge is 2.63. The van der Waals surface area contributed by atoms with Gasteiger partial charge >= 0.3 is 6.18 Å². The molecule has 1 aliphatic heterocycles. The second-order valence-electron chi connectivity index (χ2n) is 7.48. The molecule has 0 fully saturated rings. The SMILES string of the molecule is Cc1cc(C)c(OCC(=O)N2N=C(CC(C)C)C[C@@]2(O)C(F)(F)F)c(C)c1. The Balaban J connectivity index is 2.22. The minimum Gasteiger partial charge on any atom is -0.483 e. The zero-order valence-electron chi connectivity index (χ0n) is 16.1. The lowest BCUT2D eigenvalue weighted by molar-refractivity contribution is -0.302. The van der Waals surface area contributed by atoms with Crippen LogP contribution in [-0.4, -0.2) is 40.2 Å². The molecule has 0 radical (unpaired) electrons. The van der Waals surface area contributed by atoms with Gasteiger partial charge in [-0.3, -0.25) is 4.79 Å². The smallest absolute Gasteiger partial charge is 0.438 e. The first-order chi connectivity index (χ1) is 12.3. The molecule has 1 aromatic rings. The van der Waals surface area contributed by atoms with Crippen LogP contribution in [-0.2, 0) is 4.79 Å². The van der Waals surface area contributed by atoms with Crippen LogP contribution in [0.25, 0.3) is 0 Å². The third-order valence-corrected chi connectivity index (χ3v) is 4.32. The van der Waals surface area contributed by atoms with Crippen molar-refractivity contribution in [2.45, 2.75) is 59.4 Å². The van der Waals surface area contributed by atoms with Crippen molar-refractivity contribution in [2.24, 2.45) is 11.0 Å². The molecule has 1 amide bonds. The number of ether oxygens (including phenoxy) is 1. The Bertz CT molecular complexity index is 736. The summed E-state index contributed by atoms with van der Waals surface area (Å²) in [4.78, 5) is 12.4. The Morgan fingerprint density at radius 2 is 1.85 bits per heavy atom. The van der Waals surface area contributed by atoms with E-state index in [1.54, 1.807) is 13.8 Å². The molecule has 150 valence electrons. The fourth-order valence-corrected chi connectivity index (χ4v) is 3.28. The Morgan fingerprint density at radius 3 is 2.33 bits per heavy atom. The minimum absolute atomic E-state index is 0.0467. The molecule has 0 unspecified atom stereocenters. The lowest BCUT2D eigenvalue weighted by Gasteiger charge is -2.32. The number of rotatable bonds is 5. The van der Waals surface area contributed by atoms with Crippen LogP contribution >= 0.6 is 0 Å². The molecule has 0 saturated heterocycles. The predicted octanol–water partition coefficient (Wildman–Crippen LogP) is 3.88. The third-order valence-electron chi connectivity index (χ3n) is 4.32. The van der Waals surface area contributed by atoms with Crippen molar-refractivity contribution in [3.05, 3.63) is 28.8 Å². The van der Waals surface area contributed by atoms with Gasteiger partial charge in [0.2, 0.25) is 0 Å². The number of carbonyl (C=O) groups is 1. The van der Waals surface area contributed by atoms with Crippen molar-refractivity contribution in [3.63, 3.8) is 0 Å². The zero-order valence-corrected chi connectivity index (χ0v) is 16.1. The van der Waals surface area contributed by atoms with Crippen molar-refractivity contribution in [2.75, 3.05) is 6.61 Å². The van der Waals surface area contributed by atoms with E-state index in [1.807, 2.05) is 32.9 Å². The Hall–Kier alpha value is -2.09. The van der Waals surface area contributed by atoms with Crippen LogP contribution in [0.1, 0.15) is 43.4 Å². The summed E-state index contributed by atoms with van der Waals surface area (Å²) in [5, 5.41) is 14.1. The highest BCUT2D eigenvalue weighted by Crippen LogP contribution is 2.41. The first-order valence-corrected chi connectivity index (χ1v) is 8.74. The second-order valence-corrected chi connectivity index (χ2v) is 7.48. The van der Waals surface area contributed by atoms with E-state index in [-0.39, 0.29) is 23.1 Å². The average Bonchev–Trinajstić information content (AvgIpc) is 2.82. The summed E-state index contributed by atoms with van der Waals surface area (Å²) >= 11 is 0. The molecule has 1 aliphatic rings. The summed E-state index contributed by atoms with van der Waals surface area (Å²) < 4.78 is 45.8. The van der Waals surface area contributed by atoms with E-state index >= 15 is 0 Å². The van der Waals surface area contributed by atoms with E-state index < -0.39 is 30.8 Å². The van der Waals surface area contributed by atoms with Gasteiger partial charge in [-0.25, -0.2) is 0 Å². The number of hydrogen-bond donors (Lipinski definition) is 1. The Kier molecular flexibility index (Phi) is 5.89. The third kappa shape index (κ3) is 4.43. The molecule has 27 heavy (non-hydrogen) atoms. The number of aliphatic hydroxyl groups is 1. The van der Waals surface area contributed by atoms with Crippen LogP contribution in [0.2, 0.25) is 0 Å². The van der Waals surface area contributed by atoms with Gasteiger partial charge in [-0.2, -0.15) is 23.3 Å². The number of carbonyl (C=O) groups excluding carboxylic acids is 1. The topological polar surface area (TPSA) is 62.1 Å². The number of hydrazone groups is 1. The van der Waals surface area contributed by atoms with Crippen LogP contribution in [0, 0.1) is 26.7 Å². The number of benzene rings is 1. The van der Waals surface area contributed by atoms with Gasteiger partial charge in [0.25, 0.3) is 11.6 Å². The quantitative estimate of drug-likeness (QED) is 0.836. The van der Waals surface area contributed by atoms with Crippen LogP contribution in [0.5, 0.6) is 5.75 Å². The van der Waals surface area contributed by atoms with Gasteiger partial charge < -0.3 is 9.84 Å². The normalized spacial score (nSPS) is 20.2. The number of amides is 1. The first kappa shape index (κ1) is 21.2. The van der Waals surface area contributed by atoms with Gasteiger partial charge in [0.05, 0.1) is 0 Å². The molecular weight excluding hydrogens is 361 g/mol. The summed E-state index contributed by atoms with van der Waals surface area (Å²) in [7, 11) is 0. The van der Waals surface area contributed by atoms with Crippen molar-refractivity contribution < 1.29 is 27.8 Å². The molecular formula is C19H25F3N2O3. The van der Waals surface area contributed by atoms with Crippen molar-refractivity contribution in [1.82, 2.24) is 5.01 Å². The van der Waals surface area contributed by atoms with Gasteiger partial charge in [-0.05, 0) is 44.2 Å². The maximum absolute atomic E-state index is 13.4. The van der Waals surface area contributed by atoms with Crippen LogP contribution < -0.4 is 4.74 Å². The van der Waals surface area contributed by atoms with E-state index in [1.165, 1.54) is 0 Å². The number of alkyl halides is 3. The van der Waals surface area contributed by atoms with Crippen LogP contribution in [0.4, 0.5) is 13.2 Å². The molecule has 1 N–H and O–H groups in total. The lowest BCUT2D eigenvalue weighted by atomic mass is 9.99. The summed E-state index contributed by atoms with van der Waals surface area (Å²) in [6, 6.07) is 3.71. The van der Waals surface area contributed by atoms with Gasteiger partial charge in [-0.1, -0.05) is 31.5 Å². The van der Waals surface area contributed by atoms with Crippen molar-refractivity contribution in [1.29, 1.82) is 0 Å². The molecule has 1 atom stereocenters. The molecule has 0 spiro atoms. The number of aryl methyl sites for hydroxylation is 3. The average molecular weight is 386 g/mol. The standard InChI is InChI=1S/C19H25F3N2O3/c1-11(2)6-15-9-18(26,19(20,21)22)24(23-15)16(25)10-27-17-13(4)7-12(3)8-14(17)5/h7-8,11,26H,6,9-10H2,1-5H3/t18-/m1/s1. The maximum atomic E-state index is 13.4. The van der Waals surface area contributed by atoms with E-state index in [4.69, 9.17) is 4.74 Å². The highest BCUT2D eigenvalue weighted by molar-refractivity contribution is 5.91.